The van der Waals surface area contributed by atoms with Gasteiger partial charge in [-0.1, -0.05) is 6.92 Å². The Kier molecular flexibility index (Phi) is 3.69. The second-order valence-electron chi connectivity index (χ2n) is 3.63. The van der Waals surface area contributed by atoms with Gasteiger partial charge in [0.2, 0.25) is 10.0 Å². The minimum Gasteiger partial charge on any atom is -0.480 e. The van der Waals surface area contributed by atoms with Crippen molar-refractivity contribution in [2.75, 3.05) is 12.3 Å². The fourth-order valence-electron chi connectivity index (χ4n) is 1.69. The summed E-state index contributed by atoms with van der Waals surface area (Å²) in [5, 5.41) is 18.1. The molecule has 88 valence electrons. The minimum absolute atomic E-state index is 0.0295. The average molecular weight is 237 g/mol. The van der Waals surface area contributed by atoms with Crippen molar-refractivity contribution >= 4 is 16.0 Å². The molecule has 1 saturated heterocycles. The first-order valence-corrected chi connectivity index (χ1v) is 6.39. The zero-order valence-electron chi connectivity index (χ0n) is 8.46. The molecule has 0 saturated carbocycles. The Morgan fingerprint density at radius 1 is 1.53 bits per heavy atom. The second kappa shape index (κ2) is 4.46. The Morgan fingerprint density at radius 2 is 2.13 bits per heavy atom. The summed E-state index contributed by atoms with van der Waals surface area (Å²) in [7, 11) is -3.54. The van der Waals surface area contributed by atoms with Crippen LogP contribution in [-0.2, 0) is 14.8 Å². The number of aliphatic hydroxyl groups excluding tert-OH is 1. The van der Waals surface area contributed by atoms with E-state index in [0.29, 0.717) is 6.42 Å². The van der Waals surface area contributed by atoms with E-state index in [2.05, 4.69) is 0 Å². The Labute approximate surface area is 88.6 Å². The Morgan fingerprint density at radius 3 is 2.60 bits per heavy atom. The molecule has 0 radical (unpaired) electrons. The highest BCUT2D eigenvalue weighted by Gasteiger charge is 2.42. The summed E-state index contributed by atoms with van der Waals surface area (Å²) in [6.07, 6.45) is -0.475. The van der Waals surface area contributed by atoms with Crippen LogP contribution in [0.1, 0.15) is 19.8 Å². The topological polar surface area (TPSA) is 94.9 Å². The van der Waals surface area contributed by atoms with Crippen molar-refractivity contribution in [2.45, 2.75) is 31.9 Å². The number of sulfonamides is 1. The fraction of sp³-hybridized carbons (Fsp3) is 0.875. The maximum Gasteiger partial charge on any atom is 0.322 e. The predicted molar refractivity (Wildman–Crippen MR) is 52.8 cm³/mol. The first-order chi connectivity index (χ1) is 6.88. The van der Waals surface area contributed by atoms with E-state index in [1.165, 1.54) is 0 Å². The van der Waals surface area contributed by atoms with Crippen LogP contribution in [0.15, 0.2) is 0 Å². The highest BCUT2D eigenvalue weighted by atomic mass is 32.2. The molecule has 0 bridgehead atoms. The molecule has 1 aliphatic heterocycles. The van der Waals surface area contributed by atoms with Gasteiger partial charge in [-0.25, -0.2) is 8.42 Å². The molecule has 15 heavy (non-hydrogen) atoms. The third kappa shape index (κ3) is 2.67. The normalized spacial score (nSPS) is 28.1. The molecule has 0 aromatic rings. The Hall–Kier alpha value is -0.660. The first-order valence-electron chi connectivity index (χ1n) is 4.79. The van der Waals surface area contributed by atoms with Crippen LogP contribution >= 0.6 is 0 Å². The summed E-state index contributed by atoms with van der Waals surface area (Å²) >= 11 is 0. The van der Waals surface area contributed by atoms with Gasteiger partial charge in [0.05, 0.1) is 11.9 Å². The van der Waals surface area contributed by atoms with Crippen LogP contribution < -0.4 is 0 Å². The second-order valence-corrected chi connectivity index (χ2v) is 5.67. The van der Waals surface area contributed by atoms with Crippen molar-refractivity contribution in [3.8, 4) is 0 Å². The van der Waals surface area contributed by atoms with Crippen LogP contribution in [-0.4, -0.2) is 53.3 Å². The number of carbonyl (C=O) groups is 1. The third-order valence-electron chi connectivity index (χ3n) is 2.34. The first kappa shape index (κ1) is 12.4. The fourth-order valence-corrected chi connectivity index (χ4v) is 3.40. The molecule has 0 aromatic carbocycles. The molecule has 1 rings (SSSR count). The molecule has 0 aromatic heterocycles. The molecular formula is C8H15NO5S. The summed E-state index contributed by atoms with van der Waals surface area (Å²) < 4.78 is 24.2. The van der Waals surface area contributed by atoms with Gasteiger partial charge in [-0.05, 0) is 6.42 Å². The van der Waals surface area contributed by atoms with Gasteiger partial charge in [-0.15, -0.1) is 0 Å². The van der Waals surface area contributed by atoms with Crippen molar-refractivity contribution < 1.29 is 23.4 Å². The molecule has 1 aliphatic rings. The zero-order valence-corrected chi connectivity index (χ0v) is 9.27. The molecule has 1 heterocycles. The van der Waals surface area contributed by atoms with E-state index < -0.39 is 28.1 Å². The largest absolute Gasteiger partial charge is 0.480 e. The van der Waals surface area contributed by atoms with E-state index >= 15 is 0 Å². The van der Waals surface area contributed by atoms with Crippen molar-refractivity contribution in [3.63, 3.8) is 0 Å². The molecular weight excluding hydrogens is 222 g/mol. The molecule has 1 fully saturated rings. The van der Waals surface area contributed by atoms with Crippen LogP contribution in [0.4, 0.5) is 0 Å². The van der Waals surface area contributed by atoms with Gasteiger partial charge in [0, 0.05) is 13.0 Å². The summed E-state index contributed by atoms with van der Waals surface area (Å²) in [6, 6.07) is -1.11. The van der Waals surface area contributed by atoms with E-state index in [1.54, 1.807) is 6.92 Å². The molecule has 7 heteroatoms. The molecule has 2 unspecified atom stereocenters. The highest BCUT2D eigenvalue weighted by Crippen LogP contribution is 2.22. The van der Waals surface area contributed by atoms with Crippen molar-refractivity contribution in [1.29, 1.82) is 0 Å². The van der Waals surface area contributed by atoms with Crippen molar-refractivity contribution in [3.05, 3.63) is 0 Å². The van der Waals surface area contributed by atoms with E-state index in [9.17, 15) is 18.3 Å². The average Bonchev–Trinajstić information content (AvgIpc) is 2.47. The lowest BCUT2D eigenvalue weighted by molar-refractivity contribution is -0.140. The monoisotopic (exact) mass is 237 g/mol. The molecule has 0 amide bonds. The number of aliphatic carboxylic acids is 1. The number of hydrogen-bond donors (Lipinski definition) is 2. The summed E-state index contributed by atoms with van der Waals surface area (Å²) in [6.45, 7) is 1.60. The summed E-state index contributed by atoms with van der Waals surface area (Å²) in [5.74, 6) is -1.28. The van der Waals surface area contributed by atoms with Crippen LogP contribution in [0.2, 0.25) is 0 Å². The van der Waals surface area contributed by atoms with Crippen LogP contribution in [0.5, 0.6) is 0 Å². The molecule has 0 aliphatic carbocycles. The van der Waals surface area contributed by atoms with Crippen LogP contribution in [0, 0.1) is 0 Å². The van der Waals surface area contributed by atoms with Gasteiger partial charge < -0.3 is 10.2 Å². The van der Waals surface area contributed by atoms with E-state index in [0.717, 1.165) is 4.31 Å². The lowest BCUT2D eigenvalue weighted by atomic mass is 10.2. The molecule has 2 atom stereocenters. The molecule has 6 nitrogen and oxygen atoms in total. The summed E-state index contributed by atoms with van der Waals surface area (Å²) in [5.41, 5.74) is 0. The quantitative estimate of drug-likeness (QED) is 0.670. The van der Waals surface area contributed by atoms with E-state index in [4.69, 9.17) is 5.11 Å². The predicted octanol–water partition coefficient (Wildman–Crippen LogP) is -0.754. The van der Waals surface area contributed by atoms with Gasteiger partial charge in [-0.2, -0.15) is 4.31 Å². The Bertz CT molecular complexity index is 339. The number of carboxylic acids is 1. The standard InChI is InChI=1S/C8H15NO5S/c1-2-3-15(13,14)9-5-6(10)4-7(9)8(11)12/h6-7,10H,2-5H2,1H3,(H,11,12). The number of β-amino-alcohol motifs (C(OH)–C–C–N with tert-alkyl or cyclic N) is 1. The lowest BCUT2D eigenvalue weighted by Crippen LogP contribution is -2.41. The smallest absolute Gasteiger partial charge is 0.322 e. The Balaban J connectivity index is 2.88. The molecule has 0 spiro atoms. The van der Waals surface area contributed by atoms with Crippen LogP contribution in [0.3, 0.4) is 0 Å². The number of nitrogens with zero attached hydrogens (tertiary/aromatic N) is 1. The van der Waals surface area contributed by atoms with Gasteiger partial charge in [0.15, 0.2) is 0 Å². The van der Waals surface area contributed by atoms with E-state index in [1.807, 2.05) is 0 Å². The zero-order chi connectivity index (χ0) is 11.6. The van der Waals surface area contributed by atoms with Crippen molar-refractivity contribution in [1.82, 2.24) is 4.31 Å². The van der Waals surface area contributed by atoms with Gasteiger partial charge >= 0.3 is 5.97 Å². The summed E-state index contributed by atoms with van der Waals surface area (Å²) in [4.78, 5) is 10.8. The highest BCUT2D eigenvalue weighted by molar-refractivity contribution is 7.89. The lowest BCUT2D eigenvalue weighted by Gasteiger charge is -2.20. The van der Waals surface area contributed by atoms with E-state index in [-0.39, 0.29) is 18.7 Å². The van der Waals surface area contributed by atoms with Crippen LogP contribution in [0.25, 0.3) is 0 Å². The van der Waals surface area contributed by atoms with Crippen molar-refractivity contribution in [2.24, 2.45) is 0 Å². The SMILES string of the molecule is CCCS(=O)(=O)N1CC(O)CC1C(=O)O. The number of carboxylic acid groups (broad SMARTS) is 1. The number of aliphatic hydroxyl groups is 1. The van der Waals surface area contributed by atoms with Gasteiger partial charge in [0.1, 0.15) is 6.04 Å². The maximum absolute atomic E-state index is 11.6. The van der Waals surface area contributed by atoms with Gasteiger partial charge in [-0.3, -0.25) is 4.79 Å². The number of rotatable bonds is 4. The number of hydrogen-bond acceptors (Lipinski definition) is 4. The minimum atomic E-state index is -3.54. The maximum atomic E-state index is 11.6. The third-order valence-corrected chi connectivity index (χ3v) is 4.38. The van der Waals surface area contributed by atoms with Gasteiger partial charge in [0.25, 0.3) is 0 Å². The molecule has 2 N–H and O–H groups in total.